The van der Waals surface area contributed by atoms with E-state index in [1.54, 1.807) is 0 Å². The molecule has 314 valence electrons. The van der Waals surface area contributed by atoms with Crippen molar-refractivity contribution in [1.82, 2.24) is 0 Å². The van der Waals surface area contributed by atoms with Crippen molar-refractivity contribution < 1.29 is 62.2 Å². The molecule has 8 fully saturated rings. The summed E-state index contributed by atoms with van der Waals surface area (Å²) >= 11 is 0. The lowest BCUT2D eigenvalue weighted by molar-refractivity contribution is -0.309. The van der Waals surface area contributed by atoms with E-state index in [1.807, 2.05) is 13.8 Å². The van der Waals surface area contributed by atoms with Gasteiger partial charge in [0.05, 0.1) is 24.4 Å². The van der Waals surface area contributed by atoms with E-state index >= 15 is 0 Å². The van der Waals surface area contributed by atoms with Crippen molar-refractivity contribution in [2.75, 3.05) is 6.61 Å². The maximum atomic E-state index is 13.1. The molecule has 3 heterocycles. The molecule has 0 aromatic rings. The molecule has 3 aliphatic heterocycles. The molecule has 0 unspecified atom stereocenters. The topological polar surface area (TPSA) is 162 Å². The van der Waals surface area contributed by atoms with Gasteiger partial charge in [-0.05, 0) is 97.7 Å². The second-order valence-electron chi connectivity index (χ2n) is 20.7. The molecule has 56 heavy (non-hydrogen) atoms. The highest BCUT2D eigenvalue weighted by atomic mass is 16.8. The number of carbonyl (C=O) groups is 4. The Labute approximate surface area is 330 Å². The van der Waals surface area contributed by atoms with Gasteiger partial charge >= 0.3 is 23.9 Å². The lowest BCUT2D eigenvalue weighted by Crippen LogP contribution is -2.63. The smallest absolute Gasteiger partial charge is 0.303 e. The first-order chi connectivity index (χ1) is 25.9. The summed E-state index contributed by atoms with van der Waals surface area (Å²) < 4.78 is 50.3. The molecular weight excluding hydrogens is 724 g/mol. The van der Waals surface area contributed by atoms with E-state index in [0.29, 0.717) is 18.8 Å². The Balaban J connectivity index is 1.11. The van der Waals surface area contributed by atoms with Gasteiger partial charge in [-0.25, -0.2) is 0 Å². The fourth-order valence-electron chi connectivity index (χ4n) is 15.2. The normalized spacial score (nSPS) is 50.9. The minimum Gasteiger partial charge on any atom is -0.462 e. The van der Waals surface area contributed by atoms with Crippen molar-refractivity contribution in [3.8, 4) is 0 Å². The highest BCUT2D eigenvalue weighted by Crippen LogP contribution is 2.90. The largest absolute Gasteiger partial charge is 0.462 e. The van der Waals surface area contributed by atoms with E-state index in [-0.39, 0.29) is 70.3 Å². The van der Waals surface area contributed by atoms with Crippen molar-refractivity contribution in [3.05, 3.63) is 0 Å². The van der Waals surface area contributed by atoms with Crippen LogP contribution in [0.3, 0.4) is 0 Å². The van der Waals surface area contributed by atoms with Crippen LogP contribution in [-0.2, 0) is 57.1 Å². The van der Waals surface area contributed by atoms with Gasteiger partial charge in [-0.2, -0.15) is 0 Å². The minimum atomic E-state index is -1.17. The molecule has 5 saturated carbocycles. The summed E-state index contributed by atoms with van der Waals surface area (Å²) in [6.07, 6.45) is 1.34. The molecule has 2 bridgehead atoms. The van der Waals surface area contributed by atoms with Gasteiger partial charge in [-0.1, -0.05) is 34.6 Å². The second kappa shape index (κ2) is 12.8. The number of rotatable bonds is 7. The predicted molar refractivity (Wildman–Crippen MR) is 197 cm³/mol. The number of hydrogen-bond donors (Lipinski definition) is 1. The van der Waals surface area contributed by atoms with E-state index in [2.05, 4.69) is 34.6 Å². The summed E-state index contributed by atoms with van der Waals surface area (Å²) in [6.45, 7) is 20.5. The quantitative estimate of drug-likeness (QED) is 0.198. The van der Waals surface area contributed by atoms with Crippen LogP contribution in [0.4, 0.5) is 0 Å². The molecule has 8 rings (SSSR count). The van der Waals surface area contributed by atoms with Crippen LogP contribution in [0.5, 0.6) is 0 Å². The van der Waals surface area contributed by atoms with Crippen LogP contribution in [0.25, 0.3) is 0 Å². The van der Waals surface area contributed by atoms with Gasteiger partial charge in [-0.15, -0.1) is 0 Å². The molecule has 0 aromatic carbocycles. The van der Waals surface area contributed by atoms with Gasteiger partial charge in [-0.3, -0.25) is 19.2 Å². The van der Waals surface area contributed by atoms with E-state index in [0.717, 1.165) is 38.5 Å². The van der Waals surface area contributed by atoms with Crippen LogP contribution in [0, 0.1) is 50.7 Å². The summed E-state index contributed by atoms with van der Waals surface area (Å²) in [4.78, 5) is 49.7. The monoisotopic (exact) mass is 788 g/mol. The lowest BCUT2D eigenvalue weighted by atomic mass is 9.41. The van der Waals surface area contributed by atoms with E-state index in [9.17, 15) is 24.3 Å². The Morgan fingerprint density at radius 1 is 0.714 bits per heavy atom. The fraction of sp³-hybridized carbons (Fsp3) is 0.907. The average Bonchev–Trinajstić information content (AvgIpc) is 3.52. The zero-order valence-corrected chi connectivity index (χ0v) is 35.1. The first-order valence-electron chi connectivity index (χ1n) is 21.0. The second-order valence-corrected chi connectivity index (χ2v) is 20.7. The minimum absolute atomic E-state index is 0.0119. The standard InChI is InChI=1S/C43H64O13/c1-21-16-27-35(38(8,9)48)56-43(55-27)19-40(11)34-26(50-22(2)44)17-29-37(6,7)30(12-13-41(29)20-42(34,41)15-14-39(40,10)33(21)43)54-36-32(53-25(5)47)31(52-24(4)46)28(18-49-36)51-23(3)45/h21,26-36,48H,12-20H2,1-11H3/t21-,26-,27-,28-,29-,30-,31+,32+,33+,34+,35-,36+,39-,40+,41-,42+,43-/m1/s1. The first-order valence-corrected chi connectivity index (χ1v) is 21.0. The Hall–Kier alpha value is -2.32. The van der Waals surface area contributed by atoms with Crippen LogP contribution in [-0.4, -0.2) is 96.0 Å². The molecule has 3 spiro atoms. The third-order valence-corrected chi connectivity index (χ3v) is 16.8. The molecule has 13 nitrogen and oxygen atoms in total. The molecule has 0 radical (unpaired) electrons. The Bertz CT molecular complexity index is 1660. The molecule has 0 aromatic heterocycles. The summed E-state index contributed by atoms with van der Waals surface area (Å²) in [5.74, 6) is -2.19. The zero-order valence-electron chi connectivity index (χ0n) is 35.1. The number of esters is 4. The number of carbonyl (C=O) groups excluding carboxylic acids is 4. The van der Waals surface area contributed by atoms with Crippen LogP contribution < -0.4 is 0 Å². The van der Waals surface area contributed by atoms with E-state index < -0.39 is 65.4 Å². The zero-order chi connectivity index (χ0) is 40.8. The van der Waals surface area contributed by atoms with Gasteiger partial charge in [0.1, 0.15) is 12.2 Å². The number of ether oxygens (including phenoxy) is 8. The van der Waals surface area contributed by atoms with Crippen molar-refractivity contribution in [2.24, 2.45) is 50.7 Å². The van der Waals surface area contributed by atoms with E-state index in [1.165, 1.54) is 27.7 Å². The lowest BCUT2D eigenvalue weighted by Gasteiger charge is -2.64. The van der Waals surface area contributed by atoms with Crippen LogP contribution in [0.2, 0.25) is 0 Å². The number of aliphatic hydroxyl groups is 1. The van der Waals surface area contributed by atoms with Gasteiger partial charge in [0.15, 0.2) is 30.4 Å². The highest BCUT2D eigenvalue weighted by Gasteiger charge is 2.87. The van der Waals surface area contributed by atoms with Gasteiger partial charge in [0, 0.05) is 46.0 Å². The third kappa shape index (κ3) is 5.62. The average molecular weight is 789 g/mol. The summed E-state index contributed by atoms with van der Waals surface area (Å²) in [7, 11) is 0. The Morgan fingerprint density at radius 2 is 1.34 bits per heavy atom. The van der Waals surface area contributed by atoms with Gasteiger partial charge < -0.3 is 43.0 Å². The summed E-state index contributed by atoms with van der Waals surface area (Å²) in [5.41, 5.74) is -1.92. The predicted octanol–water partition coefficient (Wildman–Crippen LogP) is 5.40. The fourth-order valence-corrected chi connectivity index (χ4v) is 15.2. The molecule has 13 heteroatoms. The third-order valence-electron chi connectivity index (χ3n) is 16.8. The van der Waals surface area contributed by atoms with Gasteiger partial charge in [0.25, 0.3) is 0 Å². The number of fused-ring (bicyclic) bond motifs is 4. The van der Waals surface area contributed by atoms with Gasteiger partial charge in [0.2, 0.25) is 0 Å². The molecule has 0 amide bonds. The number of hydrogen-bond acceptors (Lipinski definition) is 13. The SMILES string of the molecule is CC(=O)O[C@@H]1[C@H](O[C@@H]2CC[C@]34C[C@]35CC[C@]3(C)[C@@H]6[C@H](C)C[C@H]7O[C@]6(C[C@@]3(C)[C@@H]5[C@H](OC(C)=O)C[C@@H]4C2(C)C)O[C@H]7C(C)(C)O)OC[C@@H](OC(C)=O)[C@@H]1OC(C)=O. The van der Waals surface area contributed by atoms with Crippen LogP contribution in [0.15, 0.2) is 0 Å². The molecule has 5 aliphatic carbocycles. The first kappa shape index (κ1) is 40.5. The molecule has 17 atom stereocenters. The summed E-state index contributed by atoms with van der Waals surface area (Å²) in [5, 5.41) is 11.2. The van der Waals surface area contributed by atoms with E-state index in [4.69, 9.17) is 37.9 Å². The molecule has 8 aliphatic rings. The maximum absolute atomic E-state index is 13.1. The highest BCUT2D eigenvalue weighted by molar-refractivity contribution is 5.68. The molecule has 1 N–H and O–H groups in total. The molecular formula is C43H64O13. The summed E-state index contributed by atoms with van der Waals surface area (Å²) in [6, 6.07) is 0. The maximum Gasteiger partial charge on any atom is 0.303 e. The van der Waals surface area contributed by atoms with Crippen molar-refractivity contribution >= 4 is 23.9 Å². The van der Waals surface area contributed by atoms with Crippen molar-refractivity contribution in [2.45, 2.75) is 188 Å². The van der Waals surface area contributed by atoms with Crippen LogP contribution >= 0.6 is 0 Å². The Morgan fingerprint density at radius 3 is 1.96 bits per heavy atom. The van der Waals surface area contributed by atoms with Crippen LogP contribution in [0.1, 0.15) is 128 Å². The molecule has 3 saturated heterocycles. The Kier molecular flexibility index (Phi) is 9.28. The van der Waals surface area contributed by atoms with Crippen molar-refractivity contribution in [1.29, 1.82) is 0 Å². The van der Waals surface area contributed by atoms with Crippen molar-refractivity contribution in [3.63, 3.8) is 0 Å².